The minimum atomic E-state index is -0.306. The van der Waals surface area contributed by atoms with Crippen molar-refractivity contribution < 1.29 is 9.13 Å². The van der Waals surface area contributed by atoms with Crippen LogP contribution in [0.3, 0.4) is 0 Å². The molecule has 3 unspecified atom stereocenters. The average molecular weight is 251 g/mol. The summed E-state index contributed by atoms with van der Waals surface area (Å²) in [6.07, 6.45) is 3.66. The molecule has 0 radical (unpaired) electrons. The van der Waals surface area contributed by atoms with E-state index in [0.717, 1.165) is 18.0 Å². The van der Waals surface area contributed by atoms with E-state index in [9.17, 15) is 4.39 Å². The third-order valence-corrected chi connectivity index (χ3v) is 3.94. The zero-order chi connectivity index (χ0) is 13.1. The summed E-state index contributed by atoms with van der Waals surface area (Å²) in [4.78, 5) is 0. The summed E-state index contributed by atoms with van der Waals surface area (Å²) < 4.78 is 18.5. The Kier molecular flexibility index (Phi) is 4.10. The number of ether oxygens (including phenoxy) is 1. The lowest BCUT2D eigenvalue weighted by atomic mass is 9.80. The highest BCUT2D eigenvalue weighted by Crippen LogP contribution is 2.31. The van der Waals surface area contributed by atoms with Crippen LogP contribution in [0.2, 0.25) is 0 Å². The summed E-state index contributed by atoms with van der Waals surface area (Å²) in [7, 11) is 1.48. The Balaban J connectivity index is 2.03. The van der Waals surface area contributed by atoms with Gasteiger partial charge in [0.25, 0.3) is 0 Å². The van der Waals surface area contributed by atoms with Gasteiger partial charge in [-0.3, -0.25) is 0 Å². The minimum absolute atomic E-state index is 0.297. The Morgan fingerprint density at radius 2 is 2.06 bits per heavy atom. The van der Waals surface area contributed by atoms with Crippen LogP contribution in [0.15, 0.2) is 18.2 Å². The molecular formula is C15H22FNO. The van der Waals surface area contributed by atoms with E-state index in [4.69, 9.17) is 4.74 Å². The molecule has 0 spiro atoms. The van der Waals surface area contributed by atoms with Crippen LogP contribution in [-0.4, -0.2) is 13.2 Å². The number of hydrogen-bond donors (Lipinski definition) is 1. The number of anilines is 1. The number of benzene rings is 1. The first-order chi connectivity index (χ1) is 8.60. The van der Waals surface area contributed by atoms with Gasteiger partial charge in [-0.2, -0.15) is 0 Å². The van der Waals surface area contributed by atoms with E-state index in [1.807, 2.05) is 6.07 Å². The predicted molar refractivity (Wildman–Crippen MR) is 72.5 cm³/mol. The first-order valence-electron chi connectivity index (χ1n) is 6.70. The van der Waals surface area contributed by atoms with Crippen LogP contribution in [-0.2, 0) is 0 Å². The van der Waals surface area contributed by atoms with Crippen molar-refractivity contribution in [1.29, 1.82) is 0 Å². The Bertz CT molecular complexity index is 407. The molecule has 18 heavy (non-hydrogen) atoms. The lowest BCUT2D eigenvalue weighted by Crippen LogP contribution is -2.33. The summed E-state index contributed by atoms with van der Waals surface area (Å²) in [6.45, 7) is 4.58. The van der Waals surface area contributed by atoms with Crippen LogP contribution in [0.25, 0.3) is 0 Å². The first-order valence-corrected chi connectivity index (χ1v) is 6.70. The van der Waals surface area contributed by atoms with Gasteiger partial charge in [0.1, 0.15) is 0 Å². The third-order valence-electron chi connectivity index (χ3n) is 3.94. The van der Waals surface area contributed by atoms with Gasteiger partial charge in [0.15, 0.2) is 11.6 Å². The molecular weight excluding hydrogens is 229 g/mol. The normalized spacial score (nSPS) is 27.9. The quantitative estimate of drug-likeness (QED) is 0.874. The second-order valence-electron chi connectivity index (χ2n) is 5.50. The molecule has 0 aromatic heterocycles. The molecule has 0 amide bonds. The summed E-state index contributed by atoms with van der Waals surface area (Å²) in [5, 5.41) is 3.45. The molecule has 0 aliphatic heterocycles. The fraction of sp³-hybridized carbons (Fsp3) is 0.600. The molecule has 2 rings (SSSR count). The maximum atomic E-state index is 13.6. The average Bonchev–Trinajstić information content (AvgIpc) is 2.33. The van der Waals surface area contributed by atoms with Gasteiger partial charge < -0.3 is 10.1 Å². The zero-order valence-corrected chi connectivity index (χ0v) is 11.4. The maximum Gasteiger partial charge on any atom is 0.167 e. The Morgan fingerprint density at radius 3 is 2.67 bits per heavy atom. The van der Waals surface area contributed by atoms with E-state index < -0.39 is 0 Å². The van der Waals surface area contributed by atoms with Crippen LogP contribution in [0.5, 0.6) is 5.75 Å². The number of halogens is 1. The van der Waals surface area contributed by atoms with Gasteiger partial charge in [0.05, 0.1) is 7.11 Å². The van der Waals surface area contributed by atoms with Crippen molar-refractivity contribution in [2.75, 3.05) is 12.4 Å². The monoisotopic (exact) mass is 251 g/mol. The fourth-order valence-electron chi connectivity index (χ4n) is 2.85. The second-order valence-corrected chi connectivity index (χ2v) is 5.50. The molecule has 1 aromatic carbocycles. The van der Waals surface area contributed by atoms with Gasteiger partial charge in [-0.05, 0) is 43.2 Å². The number of rotatable bonds is 3. The third kappa shape index (κ3) is 2.95. The van der Waals surface area contributed by atoms with E-state index in [1.165, 1.54) is 26.0 Å². The lowest BCUT2D eigenvalue weighted by Gasteiger charge is -2.33. The van der Waals surface area contributed by atoms with E-state index in [1.54, 1.807) is 6.07 Å². The van der Waals surface area contributed by atoms with E-state index in [2.05, 4.69) is 19.2 Å². The second kappa shape index (κ2) is 5.59. The highest BCUT2D eigenvalue weighted by Gasteiger charge is 2.25. The highest BCUT2D eigenvalue weighted by molar-refractivity contribution is 5.48. The van der Waals surface area contributed by atoms with Gasteiger partial charge in [-0.15, -0.1) is 0 Å². The molecule has 100 valence electrons. The van der Waals surface area contributed by atoms with Crippen LogP contribution < -0.4 is 10.1 Å². The first kappa shape index (κ1) is 13.2. The molecule has 1 N–H and O–H groups in total. The summed E-state index contributed by atoms with van der Waals surface area (Å²) in [5.41, 5.74) is 0.847. The van der Waals surface area contributed by atoms with Crippen LogP contribution >= 0.6 is 0 Å². The Labute approximate surface area is 109 Å². The molecule has 2 nitrogen and oxygen atoms in total. The molecule has 1 aliphatic rings. The van der Waals surface area contributed by atoms with Crippen LogP contribution in [0.1, 0.15) is 33.1 Å². The maximum absolute atomic E-state index is 13.6. The lowest BCUT2D eigenvalue weighted by molar-refractivity contribution is 0.276. The molecule has 3 heteroatoms. The topological polar surface area (TPSA) is 21.3 Å². The predicted octanol–water partition coefficient (Wildman–Crippen LogP) is 4.07. The number of methoxy groups -OCH3 is 1. The highest BCUT2D eigenvalue weighted by atomic mass is 19.1. The van der Waals surface area contributed by atoms with Gasteiger partial charge in [0, 0.05) is 17.8 Å². The van der Waals surface area contributed by atoms with E-state index in [-0.39, 0.29) is 5.82 Å². The molecule has 0 saturated heterocycles. The van der Waals surface area contributed by atoms with Gasteiger partial charge >= 0.3 is 0 Å². The van der Waals surface area contributed by atoms with E-state index in [0.29, 0.717) is 17.7 Å². The molecule has 3 atom stereocenters. The molecule has 0 heterocycles. The number of nitrogens with one attached hydrogen (secondary N) is 1. The van der Waals surface area contributed by atoms with Crippen LogP contribution in [0, 0.1) is 17.7 Å². The fourth-order valence-corrected chi connectivity index (χ4v) is 2.85. The molecule has 0 bridgehead atoms. The van der Waals surface area contributed by atoms with Gasteiger partial charge in [0.2, 0.25) is 0 Å². The largest absolute Gasteiger partial charge is 0.494 e. The van der Waals surface area contributed by atoms with Crippen molar-refractivity contribution in [3.05, 3.63) is 24.0 Å². The van der Waals surface area contributed by atoms with Crippen molar-refractivity contribution in [2.24, 2.45) is 11.8 Å². The minimum Gasteiger partial charge on any atom is -0.494 e. The standard InChI is InChI=1S/C15H22FNO/c1-10-4-6-14(11(2)8-10)17-12-5-7-15(18-3)13(16)9-12/h5,7,9-11,14,17H,4,6,8H2,1-3H3. The van der Waals surface area contributed by atoms with E-state index >= 15 is 0 Å². The zero-order valence-electron chi connectivity index (χ0n) is 11.4. The Hall–Kier alpha value is -1.25. The van der Waals surface area contributed by atoms with Crippen molar-refractivity contribution in [3.8, 4) is 5.75 Å². The molecule has 1 fully saturated rings. The van der Waals surface area contributed by atoms with Gasteiger partial charge in [-0.25, -0.2) is 4.39 Å². The van der Waals surface area contributed by atoms with Crippen molar-refractivity contribution in [2.45, 2.75) is 39.2 Å². The van der Waals surface area contributed by atoms with Crippen LogP contribution in [0.4, 0.5) is 10.1 Å². The molecule has 1 aromatic rings. The van der Waals surface area contributed by atoms with Crippen molar-refractivity contribution >= 4 is 5.69 Å². The summed E-state index contributed by atoms with van der Waals surface area (Å²) >= 11 is 0. The smallest absolute Gasteiger partial charge is 0.167 e. The van der Waals surface area contributed by atoms with Gasteiger partial charge in [-0.1, -0.05) is 13.8 Å². The van der Waals surface area contributed by atoms with Crippen molar-refractivity contribution in [3.63, 3.8) is 0 Å². The molecule has 1 saturated carbocycles. The number of hydrogen-bond acceptors (Lipinski definition) is 2. The Morgan fingerprint density at radius 1 is 1.28 bits per heavy atom. The van der Waals surface area contributed by atoms with Crippen molar-refractivity contribution in [1.82, 2.24) is 0 Å². The summed E-state index contributed by atoms with van der Waals surface area (Å²) in [6, 6.07) is 5.53. The molecule has 1 aliphatic carbocycles. The summed E-state index contributed by atoms with van der Waals surface area (Å²) in [5.74, 6) is 1.44. The SMILES string of the molecule is COc1ccc(NC2CCC(C)CC2C)cc1F.